The molecule has 0 aliphatic carbocycles. The monoisotopic (exact) mass is 302 g/mol. The lowest BCUT2D eigenvalue weighted by molar-refractivity contribution is 0.128. The maximum Gasteiger partial charge on any atom is 0.101 e. The van der Waals surface area contributed by atoms with Crippen molar-refractivity contribution in [3.63, 3.8) is 0 Å². The van der Waals surface area contributed by atoms with Crippen LogP contribution in [0.25, 0.3) is 0 Å². The summed E-state index contributed by atoms with van der Waals surface area (Å²) >= 11 is 7.34. The number of aliphatic hydroxyl groups is 1. The fourth-order valence-corrected chi connectivity index (χ4v) is 3.74. The molecule has 19 heavy (non-hydrogen) atoms. The van der Waals surface area contributed by atoms with Crippen molar-refractivity contribution in [2.24, 2.45) is 5.92 Å². The number of halogens is 1. The first-order chi connectivity index (χ1) is 9.10. The third kappa shape index (κ3) is 4.17. The molecular weight excluding hydrogens is 280 g/mol. The Labute approximate surface area is 124 Å². The fraction of sp³-hybridized carbons (Fsp3) is 0.714. The largest absolute Gasteiger partial charge is 0.386 e. The highest BCUT2D eigenvalue weighted by Crippen LogP contribution is 2.27. The van der Waals surface area contributed by atoms with Crippen molar-refractivity contribution < 1.29 is 5.11 Å². The molecular formula is C14H23ClN2OS. The summed E-state index contributed by atoms with van der Waals surface area (Å²) < 4.78 is 0.735. The summed E-state index contributed by atoms with van der Waals surface area (Å²) in [6, 6.07) is 4.25. The molecule has 1 aromatic heterocycles. The highest BCUT2D eigenvalue weighted by molar-refractivity contribution is 7.16. The van der Waals surface area contributed by atoms with Gasteiger partial charge in [0.05, 0.1) is 4.34 Å². The van der Waals surface area contributed by atoms with Gasteiger partial charge < -0.3 is 15.3 Å². The molecule has 0 amide bonds. The van der Waals surface area contributed by atoms with Gasteiger partial charge in [-0.25, -0.2) is 0 Å². The molecule has 0 aromatic carbocycles. The minimum atomic E-state index is -0.450. The van der Waals surface area contributed by atoms with Crippen LogP contribution in [0.15, 0.2) is 12.1 Å². The third-order valence-corrected chi connectivity index (χ3v) is 5.26. The van der Waals surface area contributed by atoms with Crippen molar-refractivity contribution in [3.05, 3.63) is 21.3 Å². The van der Waals surface area contributed by atoms with Gasteiger partial charge in [-0.05, 0) is 37.6 Å². The van der Waals surface area contributed by atoms with Crippen LogP contribution < -0.4 is 5.32 Å². The van der Waals surface area contributed by atoms with Gasteiger partial charge in [-0.3, -0.25) is 0 Å². The zero-order valence-corrected chi connectivity index (χ0v) is 13.2. The van der Waals surface area contributed by atoms with Crippen LogP contribution in [0.4, 0.5) is 0 Å². The average molecular weight is 303 g/mol. The number of hydrogen-bond acceptors (Lipinski definition) is 4. The SMILES string of the molecule is CCN1CCC(NCC(O)c2ccc(Cl)s2)C(C)C1. The Hall–Kier alpha value is -0.130. The highest BCUT2D eigenvalue weighted by atomic mass is 35.5. The van der Waals surface area contributed by atoms with Crippen LogP contribution in [-0.4, -0.2) is 42.2 Å². The van der Waals surface area contributed by atoms with Crippen LogP contribution >= 0.6 is 22.9 Å². The van der Waals surface area contributed by atoms with Crippen molar-refractivity contribution in [2.75, 3.05) is 26.2 Å². The van der Waals surface area contributed by atoms with E-state index < -0.39 is 6.10 Å². The minimum absolute atomic E-state index is 0.450. The number of aliphatic hydroxyl groups excluding tert-OH is 1. The number of piperidine rings is 1. The number of nitrogens with one attached hydrogen (secondary N) is 1. The van der Waals surface area contributed by atoms with E-state index in [9.17, 15) is 5.11 Å². The molecule has 1 aromatic rings. The Kier molecular flexibility index (Phi) is 5.66. The maximum atomic E-state index is 10.1. The Morgan fingerprint density at radius 1 is 1.58 bits per heavy atom. The molecule has 2 rings (SSSR count). The van der Waals surface area contributed by atoms with Gasteiger partial charge in [-0.2, -0.15) is 0 Å². The predicted molar refractivity (Wildman–Crippen MR) is 82.0 cm³/mol. The van der Waals surface area contributed by atoms with Crippen molar-refractivity contribution in [2.45, 2.75) is 32.4 Å². The van der Waals surface area contributed by atoms with Crippen molar-refractivity contribution in [1.82, 2.24) is 10.2 Å². The molecule has 1 aliphatic rings. The Balaban J connectivity index is 1.79. The molecule has 0 spiro atoms. The average Bonchev–Trinajstić information content (AvgIpc) is 2.83. The molecule has 5 heteroatoms. The summed E-state index contributed by atoms with van der Waals surface area (Å²) in [5.41, 5.74) is 0. The summed E-state index contributed by atoms with van der Waals surface area (Å²) in [7, 11) is 0. The van der Waals surface area contributed by atoms with E-state index in [1.54, 1.807) is 0 Å². The van der Waals surface area contributed by atoms with Crippen LogP contribution in [0.2, 0.25) is 4.34 Å². The van der Waals surface area contributed by atoms with Crippen LogP contribution in [-0.2, 0) is 0 Å². The minimum Gasteiger partial charge on any atom is -0.386 e. The Morgan fingerprint density at radius 3 is 2.95 bits per heavy atom. The maximum absolute atomic E-state index is 10.1. The van der Waals surface area contributed by atoms with E-state index in [1.165, 1.54) is 11.3 Å². The summed E-state index contributed by atoms with van der Waals surface area (Å²) in [5, 5.41) is 13.6. The fourth-order valence-electron chi connectivity index (χ4n) is 2.69. The van der Waals surface area contributed by atoms with Gasteiger partial charge in [0.1, 0.15) is 6.10 Å². The molecule has 1 aliphatic heterocycles. The quantitative estimate of drug-likeness (QED) is 0.878. The number of likely N-dealkylation sites (tertiary alicyclic amines) is 1. The number of hydrogen-bond donors (Lipinski definition) is 2. The van der Waals surface area contributed by atoms with Gasteiger partial charge >= 0.3 is 0 Å². The van der Waals surface area contributed by atoms with Gasteiger partial charge in [0, 0.05) is 24.0 Å². The lowest BCUT2D eigenvalue weighted by Gasteiger charge is -2.37. The van der Waals surface area contributed by atoms with Crippen LogP contribution in [0, 0.1) is 5.92 Å². The van der Waals surface area contributed by atoms with Crippen LogP contribution in [0.3, 0.4) is 0 Å². The number of rotatable bonds is 5. The zero-order chi connectivity index (χ0) is 13.8. The van der Waals surface area contributed by atoms with Crippen molar-refractivity contribution in [3.8, 4) is 0 Å². The van der Waals surface area contributed by atoms with E-state index in [0.29, 0.717) is 18.5 Å². The van der Waals surface area contributed by atoms with E-state index in [4.69, 9.17) is 11.6 Å². The predicted octanol–water partition coefficient (Wildman–Crippen LogP) is 2.75. The van der Waals surface area contributed by atoms with E-state index in [0.717, 1.165) is 35.3 Å². The molecule has 3 unspecified atom stereocenters. The molecule has 3 atom stereocenters. The summed E-state index contributed by atoms with van der Waals surface area (Å²) in [6.07, 6.45) is 0.710. The Bertz CT molecular complexity index is 399. The molecule has 2 N–H and O–H groups in total. The number of nitrogens with zero attached hydrogens (tertiary/aromatic N) is 1. The van der Waals surface area contributed by atoms with Gasteiger partial charge in [-0.15, -0.1) is 11.3 Å². The van der Waals surface area contributed by atoms with Gasteiger partial charge in [0.15, 0.2) is 0 Å². The standard InChI is InChI=1S/C14H23ClN2OS/c1-3-17-7-6-11(10(2)9-17)16-8-12(18)13-4-5-14(15)19-13/h4-5,10-12,16,18H,3,6-9H2,1-2H3. The van der Waals surface area contributed by atoms with E-state index in [-0.39, 0.29) is 0 Å². The van der Waals surface area contributed by atoms with Crippen molar-refractivity contribution >= 4 is 22.9 Å². The molecule has 0 saturated carbocycles. The molecule has 2 heterocycles. The molecule has 0 radical (unpaired) electrons. The highest BCUT2D eigenvalue weighted by Gasteiger charge is 2.25. The second-order valence-corrected chi connectivity index (χ2v) is 7.08. The molecule has 3 nitrogen and oxygen atoms in total. The second-order valence-electron chi connectivity index (χ2n) is 5.33. The van der Waals surface area contributed by atoms with E-state index >= 15 is 0 Å². The Morgan fingerprint density at radius 2 is 2.37 bits per heavy atom. The van der Waals surface area contributed by atoms with Crippen LogP contribution in [0.1, 0.15) is 31.2 Å². The molecule has 0 bridgehead atoms. The first kappa shape index (κ1) is 15.3. The summed E-state index contributed by atoms with van der Waals surface area (Å²) in [5.74, 6) is 0.632. The van der Waals surface area contributed by atoms with E-state index in [2.05, 4.69) is 24.1 Å². The molecule has 108 valence electrons. The summed E-state index contributed by atoms with van der Waals surface area (Å²) in [6.45, 7) is 8.54. The topological polar surface area (TPSA) is 35.5 Å². The van der Waals surface area contributed by atoms with Gasteiger partial charge in [0.2, 0.25) is 0 Å². The first-order valence-electron chi connectivity index (χ1n) is 6.99. The third-order valence-electron chi connectivity index (χ3n) is 3.93. The first-order valence-corrected chi connectivity index (χ1v) is 8.18. The van der Waals surface area contributed by atoms with Crippen LogP contribution in [0.5, 0.6) is 0 Å². The zero-order valence-electron chi connectivity index (χ0n) is 11.6. The van der Waals surface area contributed by atoms with Gasteiger partial charge in [-0.1, -0.05) is 25.4 Å². The second kappa shape index (κ2) is 7.04. The molecule has 1 saturated heterocycles. The normalized spacial score (nSPS) is 26.5. The lowest BCUT2D eigenvalue weighted by atomic mass is 9.93. The number of thiophene rings is 1. The van der Waals surface area contributed by atoms with E-state index in [1.807, 2.05) is 12.1 Å². The summed E-state index contributed by atoms with van der Waals surface area (Å²) in [4.78, 5) is 3.43. The molecule has 1 fully saturated rings. The van der Waals surface area contributed by atoms with Gasteiger partial charge in [0.25, 0.3) is 0 Å². The van der Waals surface area contributed by atoms with Crippen molar-refractivity contribution in [1.29, 1.82) is 0 Å². The smallest absolute Gasteiger partial charge is 0.101 e. The lowest BCUT2D eigenvalue weighted by Crippen LogP contribution is -2.48.